The van der Waals surface area contributed by atoms with Crippen molar-refractivity contribution in [3.05, 3.63) is 11.3 Å². The fourth-order valence-corrected chi connectivity index (χ4v) is 6.35. The van der Waals surface area contributed by atoms with Gasteiger partial charge in [0.05, 0.1) is 8.07 Å². The van der Waals surface area contributed by atoms with Gasteiger partial charge >= 0.3 is 0 Å². The van der Waals surface area contributed by atoms with Gasteiger partial charge in [0.2, 0.25) is 0 Å². The largest absolute Gasteiger partial charge is 0.295 e. The monoisotopic (exact) mass is 248 g/mol. The second kappa shape index (κ2) is 3.14. The molecule has 3 rings (SSSR count). The molecule has 2 fully saturated rings. The van der Waals surface area contributed by atoms with Crippen LogP contribution in [0.4, 0.5) is 0 Å². The Labute approximate surface area is 106 Å². The molecule has 2 heteroatoms. The maximum atomic E-state index is 12.6. The smallest absolute Gasteiger partial charge is 0.158 e. The minimum Gasteiger partial charge on any atom is -0.295 e. The predicted molar refractivity (Wildman–Crippen MR) is 73.4 cm³/mol. The first kappa shape index (κ1) is 11.7. The van der Waals surface area contributed by atoms with Gasteiger partial charge in [-0.2, -0.15) is 0 Å². The zero-order valence-electron chi connectivity index (χ0n) is 11.7. The van der Waals surface area contributed by atoms with Crippen LogP contribution >= 0.6 is 0 Å². The van der Waals surface area contributed by atoms with E-state index in [-0.39, 0.29) is 0 Å². The first-order valence-corrected chi connectivity index (χ1v) is 10.5. The summed E-state index contributed by atoms with van der Waals surface area (Å²) in [6.07, 6.45) is 4.99. The second-order valence-corrected chi connectivity index (χ2v) is 13.1. The molecule has 0 spiro atoms. The van der Waals surface area contributed by atoms with Gasteiger partial charge in [0.25, 0.3) is 0 Å². The zero-order valence-corrected chi connectivity index (χ0v) is 12.7. The average molecular weight is 248 g/mol. The number of carbonyl (C=O) groups is 1. The van der Waals surface area contributed by atoms with Gasteiger partial charge in [-0.1, -0.05) is 39.6 Å². The molecule has 0 aromatic rings. The van der Waals surface area contributed by atoms with Gasteiger partial charge in [-0.05, 0) is 41.2 Å². The zero-order chi connectivity index (χ0) is 12.6. The number of rotatable bonds is 1. The molecule has 0 aromatic heterocycles. The van der Waals surface area contributed by atoms with Gasteiger partial charge in [-0.25, -0.2) is 0 Å². The van der Waals surface area contributed by atoms with Crippen LogP contribution in [0, 0.1) is 29.1 Å². The second-order valence-electron chi connectivity index (χ2n) is 8.09. The third-order valence-electron chi connectivity index (χ3n) is 5.47. The Morgan fingerprint density at radius 2 is 1.94 bits per heavy atom. The minimum atomic E-state index is -1.42. The van der Waals surface area contributed by atoms with E-state index in [0.717, 1.165) is 5.92 Å². The Morgan fingerprint density at radius 1 is 1.29 bits per heavy atom. The van der Waals surface area contributed by atoms with Crippen molar-refractivity contribution in [3.63, 3.8) is 0 Å². The summed E-state index contributed by atoms with van der Waals surface area (Å²) in [5.74, 6) is 2.98. The van der Waals surface area contributed by atoms with Crippen molar-refractivity contribution in [2.24, 2.45) is 29.1 Å². The molecule has 0 unspecified atom stereocenters. The van der Waals surface area contributed by atoms with Crippen LogP contribution in [0.25, 0.3) is 0 Å². The maximum Gasteiger partial charge on any atom is 0.158 e. The van der Waals surface area contributed by atoms with E-state index in [0.29, 0.717) is 29.0 Å². The Bertz CT molecular complexity index is 413. The van der Waals surface area contributed by atoms with Crippen LogP contribution in [0.3, 0.4) is 0 Å². The van der Waals surface area contributed by atoms with Crippen molar-refractivity contribution in [1.29, 1.82) is 0 Å². The van der Waals surface area contributed by atoms with Gasteiger partial charge < -0.3 is 0 Å². The molecular formula is C15H24OSi. The summed E-state index contributed by atoms with van der Waals surface area (Å²) in [5, 5.41) is 1.25. The van der Waals surface area contributed by atoms with E-state index in [1.54, 1.807) is 0 Å². The van der Waals surface area contributed by atoms with Crippen molar-refractivity contribution in [2.45, 2.75) is 46.3 Å². The Balaban J connectivity index is 1.98. The molecule has 3 aliphatic rings. The highest BCUT2D eigenvalue weighted by molar-refractivity contribution is 6.87. The van der Waals surface area contributed by atoms with E-state index >= 15 is 0 Å². The van der Waals surface area contributed by atoms with Crippen LogP contribution in [0.15, 0.2) is 11.3 Å². The van der Waals surface area contributed by atoms with Gasteiger partial charge in [0, 0.05) is 5.92 Å². The number of allylic oxidation sites excluding steroid dienone is 2. The van der Waals surface area contributed by atoms with Crippen LogP contribution in [-0.4, -0.2) is 13.9 Å². The molecule has 2 saturated carbocycles. The van der Waals surface area contributed by atoms with Gasteiger partial charge in [0.1, 0.15) is 0 Å². The van der Waals surface area contributed by atoms with Gasteiger partial charge in [-0.15, -0.1) is 0 Å². The quantitative estimate of drug-likeness (QED) is 0.647. The van der Waals surface area contributed by atoms with E-state index in [2.05, 4.69) is 39.6 Å². The molecule has 0 saturated heterocycles. The van der Waals surface area contributed by atoms with Crippen LogP contribution in [0.1, 0.15) is 26.7 Å². The summed E-state index contributed by atoms with van der Waals surface area (Å²) >= 11 is 0. The van der Waals surface area contributed by atoms with Crippen LogP contribution in [0.5, 0.6) is 0 Å². The fraction of sp³-hybridized carbons (Fsp3) is 0.800. The molecule has 0 radical (unpaired) electrons. The van der Waals surface area contributed by atoms with Crippen LogP contribution in [0.2, 0.25) is 19.6 Å². The Hall–Kier alpha value is -0.373. The van der Waals surface area contributed by atoms with E-state index in [4.69, 9.17) is 0 Å². The fourth-order valence-electron chi connectivity index (χ4n) is 4.75. The standard InChI is InChI=1S/C15H24OSi/c1-15(2)8-9-6-11(15)10-7-12(17(3,4)5)14(16)13(9)10/h7,9-11,13H,6,8H2,1-5H3/t9-,10-,11+,13+/m1/s1. The molecule has 1 nitrogen and oxygen atoms in total. The third-order valence-corrected chi connectivity index (χ3v) is 7.50. The van der Waals surface area contributed by atoms with Crippen LogP contribution < -0.4 is 0 Å². The maximum absolute atomic E-state index is 12.6. The normalized spacial score (nSPS) is 42.9. The topological polar surface area (TPSA) is 17.1 Å². The lowest BCUT2D eigenvalue weighted by molar-refractivity contribution is -0.120. The number of hydrogen-bond donors (Lipinski definition) is 0. The molecule has 94 valence electrons. The summed E-state index contributed by atoms with van der Waals surface area (Å²) in [6, 6.07) is 0. The summed E-state index contributed by atoms with van der Waals surface area (Å²) in [4.78, 5) is 12.6. The predicted octanol–water partition coefficient (Wildman–Crippen LogP) is 3.67. The van der Waals surface area contributed by atoms with Crippen LogP contribution in [-0.2, 0) is 4.79 Å². The summed E-state index contributed by atoms with van der Waals surface area (Å²) < 4.78 is 0. The van der Waals surface area contributed by atoms with Crippen molar-refractivity contribution in [2.75, 3.05) is 0 Å². The average Bonchev–Trinajstić information content (AvgIpc) is 2.72. The number of Topliss-reactive ketones (excluding diaryl/α,β-unsaturated/α-hetero) is 1. The number of ketones is 1. The highest BCUT2D eigenvalue weighted by Gasteiger charge is 2.60. The molecule has 0 aliphatic heterocycles. The molecule has 2 bridgehead atoms. The summed E-state index contributed by atoms with van der Waals surface area (Å²) in [7, 11) is -1.42. The van der Waals surface area contributed by atoms with Gasteiger partial charge in [-0.3, -0.25) is 4.79 Å². The molecule has 0 heterocycles. The number of fused-ring (bicyclic) bond motifs is 5. The molecule has 0 aromatic carbocycles. The summed E-state index contributed by atoms with van der Waals surface area (Å²) in [5.41, 5.74) is 0.470. The van der Waals surface area contributed by atoms with Gasteiger partial charge in [0.15, 0.2) is 5.78 Å². The Kier molecular flexibility index (Phi) is 2.16. The lowest BCUT2D eigenvalue weighted by Gasteiger charge is -2.36. The summed E-state index contributed by atoms with van der Waals surface area (Å²) in [6.45, 7) is 11.7. The molecule has 17 heavy (non-hydrogen) atoms. The first-order valence-electron chi connectivity index (χ1n) is 6.98. The van der Waals surface area contributed by atoms with Crippen molar-refractivity contribution in [1.82, 2.24) is 0 Å². The van der Waals surface area contributed by atoms with Crippen molar-refractivity contribution < 1.29 is 4.79 Å². The van der Waals surface area contributed by atoms with E-state index in [1.807, 2.05) is 0 Å². The lowest BCUT2D eigenvalue weighted by Crippen LogP contribution is -2.35. The molecule has 0 N–H and O–H groups in total. The minimum absolute atomic E-state index is 0.384. The van der Waals surface area contributed by atoms with E-state index < -0.39 is 8.07 Å². The molecule has 3 aliphatic carbocycles. The molecule has 4 atom stereocenters. The number of carbonyl (C=O) groups excluding carboxylic acids is 1. The number of hydrogen-bond acceptors (Lipinski definition) is 1. The van der Waals surface area contributed by atoms with E-state index in [9.17, 15) is 4.79 Å². The highest BCUT2D eigenvalue weighted by atomic mass is 28.3. The lowest BCUT2D eigenvalue weighted by atomic mass is 9.68. The SMILES string of the molecule is CC1(C)C[C@H]2C[C@H]1[C@H]1C=C([Si](C)(C)C)C(=O)[C@@H]21. The van der Waals surface area contributed by atoms with Crippen molar-refractivity contribution in [3.8, 4) is 0 Å². The third kappa shape index (κ3) is 1.46. The van der Waals surface area contributed by atoms with Crippen molar-refractivity contribution >= 4 is 13.9 Å². The van der Waals surface area contributed by atoms with E-state index in [1.165, 1.54) is 18.0 Å². The molecular weight excluding hydrogens is 224 g/mol. The Morgan fingerprint density at radius 3 is 2.53 bits per heavy atom. The molecule has 0 amide bonds. The first-order chi connectivity index (χ1) is 7.72. The highest BCUT2D eigenvalue weighted by Crippen LogP contribution is 2.64.